The van der Waals surface area contributed by atoms with Crippen molar-refractivity contribution in [3.63, 3.8) is 0 Å². The summed E-state index contributed by atoms with van der Waals surface area (Å²) in [7, 11) is 0. The van der Waals surface area contributed by atoms with Crippen LogP contribution in [0.2, 0.25) is 0 Å². The van der Waals surface area contributed by atoms with Gasteiger partial charge in [-0.25, -0.2) is 0 Å². The van der Waals surface area contributed by atoms with E-state index < -0.39 is 0 Å². The minimum Gasteiger partial charge on any atom is -0.485 e. The normalized spacial score (nSPS) is 10.1. The fourth-order valence-corrected chi connectivity index (χ4v) is 2.48. The fraction of sp³-hybridized carbons (Fsp3) is 0.136. The summed E-state index contributed by atoms with van der Waals surface area (Å²) in [4.78, 5) is 0. The Morgan fingerprint density at radius 1 is 0.760 bits per heavy atom. The van der Waals surface area contributed by atoms with Crippen LogP contribution < -0.4 is 9.47 Å². The molecule has 0 saturated carbocycles. The standard InChI is InChI=1S/C22H19NO2/c1-17-12-21(24-15-18-8-4-2-5-9-18)22(13-20(17)14-23)25-16-19-10-6-3-7-11-19/h2-13H,15-16H2,1H3. The van der Waals surface area contributed by atoms with Crippen LogP contribution in [-0.4, -0.2) is 0 Å². The summed E-state index contributed by atoms with van der Waals surface area (Å²) >= 11 is 0. The number of hydrogen-bond acceptors (Lipinski definition) is 3. The SMILES string of the molecule is Cc1cc(OCc2ccccc2)c(OCc2ccccc2)cc1C#N. The van der Waals surface area contributed by atoms with E-state index in [2.05, 4.69) is 6.07 Å². The third-order valence-electron chi connectivity index (χ3n) is 3.89. The van der Waals surface area contributed by atoms with Gasteiger partial charge >= 0.3 is 0 Å². The van der Waals surface area contributed by atoms with Crippen LogP contribution in [0, 0.1) is 18.3 Å². The Labute approximate surface area is 148 Å². The smallest absolute Gasteiger partial charge is 0.163 e. The van der Waals surface area contributed by atoms with Crippen molar-refractivity contribution in [1.29, 1.82) is 5.26 Å². The van der Waals surface area contributed by atoms with E-state index in [4.69, 9.17) is 9.47 Å². The lowest BCUT2D eigenvalue weighted by Crippen LogP contribution is -2.02. The highest BCUT2D eigenvalue weighted by Crippen LogP contribution is 2.32. The average Bonchev–Trinajstić information content (AvgIpc) is 2.67. The molecule has 3 rings (SSSR count). The van der Waals surface area contributed by atoms with E-state index in [1.807, 2.05) is 73.7 Å². The van der Waals surface area contributed by atoms with Crippen LogP contribution in [-0.2, 0) is 13.2 Å². The molecule has 0 heterocycles. The van der Waals surface area contributed by atoms with Gasteiger partial charge in [0.15, 0.2) is 11.5 Å². The number of benzene rings is 3. The van der Waals surface area contributed by atoms with E-state index in [1.54, 1.807) is 6.07 Å². The molecule has 0 aliphatic carbocycles. The molecule has 0 bridgehead atoms. The Balaban J connectivity index is 1.80. The van der Waals surface area contributed by atoms with E-state index in [0.29, 0.717) is 30.3 Å². The van der Waals surface area contributed by atoms with E-state index in [0.717, 1.165) is 16.7 Å². The maximum Gasteiger partial charge on any atom is 0.163 e. The van der Waals surface area contributed by atoms with Crippen LogP contribution in [0.1, 0.15) is 22.3 Å². The first-order valence-electron chi connectivity index (χ1n) is 8.14. The van der Waals surface area contributed by atoms with Crippen LogP contribution in [0.3, 0.4) is 0 Å². The van der Waals surface area contributed by atoms with Gasteiger partial charge in [-0.2, -0.15) is 5.26 Å². The largest absolute Gasteiger partial charge is 0.485 e. The van der Waals surface area contributed by atoms with E-state index in [1.165, 1.54) is 0 Å². The third kappa shape index (κ3) is 4.39. The van der Waals surface area contributed by atoms with E-state index in [9.17, 15) is 5.26 Å². The first-order chi connectivity index (χ1) is 12.3. The van der Waals surface area contributed by atoms with Crippen molar-refractivity contribution in [2.24, 2.45) is 0 Å². The lowest BCUT2D eigenvalue weighted by molar-refractivity contribution is 0.255. The molecule has 0 atom stereocenters. The topological polar surface area (TPSA) is 42.2 Å². The highest BCUT2D eigenvalue weighted by Gasteiger charge is 2.11. The monoisotopic (exact) mass is 329 g/mol. The number of hydrogen-bond donors (Lipinski definition) is 0. The second kappa shape index (κ2) is 8.03. The van der Waals surface area contributed by atoms with Gasteiger partial charge in [0.25, 0.3) is 0 Å². The molecule has 0 spiro atoms. The van der Waals surface area contributed by atoms with Crippen molar-refractivity contribution in [2.75, 3.05) is 0 Å². The van der Waals surface area contributed by atoms with Gasteiger partial charge in [-0.3, -0.25) is 0 Å². The van der Waals surface area contributed by atoms with Crippen molar-refractivity contribution in [3.05, 3.63) is 95.1 Å². The van der Waals surface area contributed by atoms with Gasteiger partial charge in [0.2, 0.25) is 0 Å². The van der Waals surface area contributed by atoms with Crippen molar-refractivity contribution >= 4 is 0 Å². The summed E-state index contributed by atoms with van der Waals surface area (Å²) in [5.41, 5.74) is 3.61. The molecule has 0 unspecified atom stereocenters. The maximum absolute atomic E-state index is 9.28. The first kappa shape index (κ1) is 16.6. The highest BCUT2D eigenvalue weighted by atomic mass is 16.5. The van der Waals surface area contributed by atoms with E-state index in [-0.39, 0.29) is 0 Å². The van der Waals surface area contributed by atoms with Crippen molar-refractivity contribution in [1.82, 2.24) is 0 Å². The molecule has 0 N–H and O–H groups in total. The summed E-state index contributed by atoms with van der Waals surface area (Å²) in [5.74, 6) is 1.23. The number of nitrogens with zero attached hydrogens (tertiary/aromatic N) is 1. The molecule has 0 radical (unpaired) electrons. The van der Waals surface area contributed by atoms with Gasteiger partial charge in [-0.05, 0) is 29.7 Å². The predicted molar refractivity (Wildman–Crippen MR) is 97.4 cm³/mol. The minimum absolute atomic E-state index is 0.427. The lowest BCUT2D eigenvalue weighted by Gasteiger charge is -2.14. The minimum atomic E-state index is 0.427. The second-order valence-corrected chi connectivity index (χ2v) is 5.77. The van der Waals surface area contributed by atoms with Crippen LogP contribution in [0.5, 0.6) is 11.5 Å². The van der Waals surface area contributed by atoms with Gasteiger partial charge in [0.05, 0.1) is 11.6 Å². The first-order valence-corrected chi connectivity index (χ1v) is 8.14. The van der Waals surface area contributed by atoms with Crippen LogP contribution in [0.15, 0.2) is 72.8 Å². The molecular formula is C22H19NO2. The molecule has 0 aliphatic heterocycles. The Kier molecular flexibility index (Phi) is 5.33. The Morgan fingerprint density at radius 3 is 1.72 bits per heavy atom. The molecule has 0 aromatic heterocycles. The summed E-state index contributed by atoms with van der Waals surface area (Å²) < 4.78 is 11.9. The summed E-state index contributed by atoms with van der Waals surface area (Å²) in [6, 6.07) is 25.7. The molecule has 0 saturated heterocycles. The van der Waals surface area contributed by atoms with E-state index >= 15 is 0 Å². The van der Waals surface area contributed by atoms with Crippen LogP contribution in [0.4, 0.5) is 0 Å². The zero-order chi connectivity index (χ0) is 17.5. The van der Waals surface area contributed by atoms with Gasteiger partial charge in [0, 0.05) is 6.07 Å². The molecular weight excluding hydrogens is 310 g/mol. The molecule has 3 aromatic rings. The average molecular weight is 329 g/mol. The van der Waals surface area contributed by atoms with Crippen molar-refractivity contribution in [3.8, 4) is 17.6 Å². The second-order valence-electron chi connectivity index (χ2n) is 5.77. The fourth-order valence-electron chi connectivity index (χ4n) is 2.48. The molecule has 3 aromatic carbocycles. The number of ether oxygens (including phenoxy) is 2. The van der Waals surface area contributed by atoms with Gasteiger partial charge in [-0.15, -0.1) is 0 Å². The summed E-state index contributed by atoms with van der Waals surface area (Å²) in [6.45, 7) is 2.78. The van der Waals surface area contributed by atoms with Crippen LogP contribution >= 0.6 is 0 Å². The quantitative estimate of drug-likeness (QED) is 0.637. The maximum atomic E-state index is 9.28. The zero-order valence-corrected chi connectivity index (χ0v) is 14.1. The Morgan fingerprint density at radius 2 is 1.24 bits per heavy atom. The Hall–Kier alpha value is -3.25. The van der Waals surface area contributed by atoms with Crippen LogP contribution in [0.25, 0.3) is 0 Å². The third-order valence-corrected chi connectivity index (χ3v) is 3.89. The Bertz CT molecular complexity index is 868. The molecule has 0 aliphatic rings. The number of aryl methyl sites for hydroxylation is 1. The van der Waals surface area contributed by atoms with Gasteiger partial charge in [0.1, 0.15) is 13.2 Å². The van der Waals surface area contributed by atoms with Crippen molar-refractivity contribution < 1.29 is 9.47 Å². The molecule has 25 heavy (non-hydrogen) atoms. The van der Waals surface area contributed by atoms with Gasteiger partial charge < -0.3 is 9.47 Å². The molecule has 0 amide bonds. The predicted octanol–water partition coefficient (Wildman–Crippen LogP) is 5.02. The molecule has 3 nitrogen and oxygen atoms in total. The molecule has 3 heteroatoms. The lowest BCUT2D eigenvalue weighted by atomic mass is 10.1. The number of rotatable bonds is 6. The molecule has 124 valence electrons. The summed E-state index contributed by atoms with van der Waals surface area (Å²) in [5, 5.41) is 9.28. The zero-order valence-electron chi connectivity index (χ0n) is 14.1. The summed E-state index contributed by atoms with van der Waals surface area (Å²) in [6.07, 6.45) is 0. The van der Waals surface area contributed by atoms with Crippen molar-refractivity contribution in [2.45, 2.75) is 20.1 Å². The molecule has 0 fully saturated rings. The number of nitriles is 1. The highest BCUT2D eigenvalue weighted by molar-refractivity contribution is 5.51. The van der Waals surface area contributed by atoms with Gasteiger partial charge in [-0.1, -0.05) is 60.7 Å².